The van der Waals surface area contributed by atoms with Gasteiger partial charge in [0.2, 0.25) is 0 Å². The standard InChI is InChI=1S/2C14H10N4O.CHF3O3S.Ag/c2*15-9-11-2-1-3-12(8-11)10-17-18-14(19)13-4-6-16-7-5-13;2-1(3,4)8(5,6)7;/h2*1-8,10H,(H,18,19);(H,5,6,7);/q;;;+1/p-1/b2*17-10+;;. The molecule has 0 saturated carbocycles. The Morgan fingerprint density at radius 2 is 1.09 bits per heavy atom. The molecule has 2 aromatic heterocycles. The molecule has 0 radical (unpaired) electrons. The Morgan fingerprint density at radius 3 is 1.38 bits per heavy atom. The van der Waals surface area contributed by atoms with Crippen molar-refractivity contribution >= 4 is 34.4 Å². The summed E-state index contributed by atoms with van der Waals surface area (Å²) in [5, 5.41) is 25.2. The Labute approximate surface area is 281 Å². The van der Waals surface area contributed by atoms with Crippen molar-refractivity contribution < 1.29 is 58.1 Å². The van der Waals surface area contributed by atoms with Crippen molar-refractivity contribution in [3.63, 3.8) is 0 Å². The number of benzene rings is 2. The Morgan fingerprint density at radius 1 is 0.745 bits per heavy atom. The molecule has 0 aliphatic rings. The Balaban J connectivity index is 0.000000378. The molecule has 0 atom stereocenters. The number of aromatic nitrogens is 2. The summed E-state index contributed by atoms with van der Waals surface area (Å²) in [6, 6.07) is 24.3. The third-order valence-corrected chi connectivity index (χ3v) is 5.53. The maximum absolute atomic E-state index is 11.7. The first kappa shape index (κ1) is 39.5. The normalized spacial score (nSPS) is 10.5. The Kier molecular flexibility index (Phi) is 16.6. The monoisotopic (exact) mass is 756 g/mol. The smallest absolute Gasteiger partial charge is 0.741 e. The molecule has 4 rings (SSSR count). The summed E-state index contributed by atoms with van der Waals surface area (Å²) >= 11 is 0. The molecular formula is C29H20AgF3N8O5S. The Hall–Kier alpha value is -5.56. The second kappa shape index (κ2) is 19.7. The number of nitriles is 2. The zero-order valence-electron chi connectivity index (χ0n) is 23.5. The molecular weight excluding hydrogens is 737 g/mol. The molecule has 0 aliphatic heterocycles. The molecule has 2 amide bonds. The van der Waals surface area contributed by atoms with Crippen LogP contribution in [-0.4, -0.2) is 52.7 Å². The zero-order valence-corrected chi connectivity index (χ0v) is 25.8. The van der Waals surface area contributed by atoms with Crippen molar-refractivity contribution in [3.8, 4) is 12.1 Å². The molecule has 0 spiro atoms. The molecule has 0 unspecified atom stereocenters. The number of carbonyl (C=O) groups excluding carboxylic acids is 2. The average Bonchev–Trinajstić information content (AvgIpc) is 3.05. The first-order valence-electron chi connectivity index (χ1n) is 12.3. The van der Waals surface area contributed by atoms with E-state index in [-0.39, 0.29) is 34.2 Å². The Bertz CT molecular complexity index is 1760. The number of nitrogens with zero attached hydrogens (tertiary/aromatic N) is 6. The van der Waals surface area contributed by atoms with Gasteiger partial charge >= 0.3 is 27.9 Å². The number of amides is 2. The molecule has 13 nitrogen and oxygen atoms in total. The third-order valence-electron chi connectivity index (χ3n) is 4.96. The zero-order chi connectivity index (χ0) is 34.0. The predicted octanol–water partition coefficient (Wildman–Crippen LogP) is 3.48. The van der Waals surface area contributed by atoms with E-state index in [1.165, 1.54) is 37.2 Å². The quantitative estimate of drug-likeness (QED) is 0.0967. The van der Waals surface area contributed by atoms with Crippen LogP contribution in [0.1, 0.15) is 43.0 Å². The number of hydrogen-bond acceptors (Lipinski definition) is 11. The molecule has 2 N–H and O–H groups in total. The summed E-state index contributed by atoms with van der Waals surface area (Å²) in [4.78, 5) is 31.0. The summed E-state index contributed by atoms with van der Waals surface area (Å²) in [6.07, 6.45) is 9.12. The van der Waals surface area contributed by atoms with Crippen LogP contribution in [0.3, 0.4) is 0 Å². The van der Waals surface area contributed by atoms with Gasteiger partial charge in [-0.1, -0.05) is 24.3 Å². The minimum atomic E-state index is -6.09. The van der Waals surface area contributed by atoms with Crippen LogP contribution in [0.2, 0.25) is 0 Å². The van der Waals surface area contributed by atoms with Crippen molar-refractivity contribution in [1.82, 2.24) is 20.8 Å². The summed E-state index contributed by atoms with van der Waals surface area (Å²) in [5.41, 5.74) is 2.71. The number of carbonyl (C=O) groups is 2. The summed E-state index contributed by atoms with van der Waals surface area (Å²) < 4.78 is 58.9. The van der Waals surface area contributed by atoms with Crippen LogP contribution in [-0.2, 0) is 32.5 Å². The van der Waals surface area contributed by atoms with Crippen molar-refractivity contribution in [2.24, 2.45) is 10.2 Å². The van der Waals surface area contributed by atoms with E-state index in [2.05, 4.69) is 31.0 Å². The number of nitrogens with one attached hydrogen (secondary N) is 2. The summed E-state index contributed by atoms with van der Waals surface area (Å²) in [5.74, 6) is -0.620. The fourth-order valence-electron chi connectivity index (χ4n) is 2.84. The van der Waals surface area contributed by atoms with Crippen molar-refractivity contribution in [1.29, 1.82) is 10.5 Å². The fraction of sp³-hybridized carbons (Fsp3) is 0.0345. The molecule has 4 aromatic rings. The number of hydrazone groups is 2. The number of halogens is 3. The SMILES string of the molecule is N#Cc1cccc(/C=N/NC(=O)c2ccncc2)c1.N#Cc1cccc(/C=N/NC(=O)c2ccncc2)c1.O=S(=O)([O-])C(F)(F)F.[Ag+]. The van der Waals surface area contributed by atoms with Gasteiger partial charge in [-0.25, -0.2) is 19.3 Å². The van der Waals surface area contributed by atoms with Crippen LogP contribution in [0.25, 0.3) is 0 Å². The molecule has 0 saturated heterocycles. The molecule has 18 heteroatoms. The van der Waals surface area contributed by atoms with Gasteiger partial charge in [0.05, 0.1) is 35.7 Å². The van der Waals surface area contributed by atoms with Crippen LogP contribution < -0.4 is 10.9 Å². The van der Waals surface area contributed by atoms with Crippen LogP contribution >= 0.6 is 0 Å². The topological polar surface area (TPSA) is 213 Å². The van der Waals surface area contributed by atoms with Crippen LogP contribution in [0.4, 0.5) is 13.2 Å². The van der Waals surface area contributed by atoms with E-state index in [9.17, 15) is 22.8 Å². The van der Waals surface area contributed by atoms with E-state index in [4.69, 9.17) is 23.5 Å². The summed E-state index contributed by atoms with van der Waals surface area (Å²) in [6.45, 7) is 0. The molecule has 0 bridgehead atoms. The van der Waals surface area contributed by atoms with Crippen LogP contribution in [0, 0.1) is 22.7 Å². The van der Waals surface area contributed by atoms with Gasteiger partial charge in [-0.2, -0.15) is 33.9 Å². The minimum Gasteiger partial charge on any atom is -0.741 e. The molecule has 0 aliphatic carbocycles. The van der Waals surface area contributed by atoms with E-state index in [1.807, 2.05) is 12.1 Å². The first-order chi connectivity index (χ1) is 21.8. The van der Waals surface area contributed by atoms with E-state index < -0.39 is 15.6 Å². The molecule has 2 heterocycles. The third kappa shape index (κ3) is 14.8. The average molecular weight is 757 g/mol. The van der Waals surface area contributed by atoms with E-state index in [0.29, 0.717) is 22.3 Å². The van der Waals surface area contributed by atoms with Gasteiger partial charge < -0.3 is 4.55 Å². The first-order valence-corrected chi connectivity index (χ1v) is 13.7. The van der Waals surface area contributed by atoms with Crippen LogP contribution in [0.5, 0.6) is 0 Å². The van der Waals surface area contributed by atoms with Gasteiger partial charge in [0.25, 0.3) is 11.8 Å². The van der Waals surface area contributed by atoms with Gasteiger partial charge in [0.1, 0.15) is 0 Å². The summed E-state index contributed by atoms with van der Waals surface area (Å²) in [7, 11) is -6.09. The largest absolute Gasteiger partial charge is 1.00 e. The van der Waals surface area contributed by atoms with Gasteiger partial charge in [0, 0.05) is 35.9 Å². The van der Waals surface area contributed by atoms with Gasteiger partial charge in [-0.15, -0.1) is 0 Å². The van der Waals surface area contributed by atoms with Crippen LogP contribution in [0.15, 0.2) is 108 Å². The van der Waals surface area contributed by atoms with Gasteiger partial charge in [0.15, 0.2) is 10.1 Å². The van der Waals surface area contributed by atoms with Crippen molar-refractivity contribution in [3.05, 3.63) is 131 Å². The van der Waals surface area contributed by atoms with E-state index in [0.717, 1.165) is 11.1 Å². The molecule has 2 aromatic carbocycles. The van der Waals surface area contributed by atoms with Gasteiger partial charge in [-0.3, -0.25) is 19.6 Å². The number of rotatable bonds is 6. The minimum absolute atomic E-state index is 0. The number of hydrogen-bond donors (Lipinski definition) is 2. The predicted molar refractivity (Wildman–Crippen MR) is 157 cm³/mol. The second-order valence-corrected chi connectivity index (χ2v) is 9.62. The second-order valence-electron chi connectivity index (χ2n) is 8.24. The number of alkyl halides is 3. The van der Waals surface area contributed by atoms with E-state index >= 15 is 0 Å². The maximum atomic E-state index is 11.7. The van der Waals surface area contributed by atoms with Crippen molar-refractivity contribution in [2.75, 3.05) is 0 Å². The fourth-order valence-corrected chi connectivity index (χ4v) is 2.84. The molecule has 244 valence electrons. The van der Waals surface area contributed by atoms with Crippen molar-refractivity contribution in [2.45, 2.75) is 5.51 Å². The van der Waals surface area contributed by atoms with Gasteiger partial charge in [-0.05, 0) is 59.7 Å². The molecule has 0 fully saturated rings. The van der Waals surface area contributed by atoms with E-state index in [1.54, 1.807) is 72.8 Å². The molecule has 47 heavy (non-hydrogen) atoms. The number of pyridine rings is 2. The maximum Gasteiger partial charge on any atom is 1.00 e.